The van der Waals surface area contributed by atoms with Crippen LogP contribution in [0.4, 0.5) is 8.78 Å². The Bertz CT molecular complexity index is 491. The van der Waals surface area contributed by atoms with Gasteiger partial charge in [-0.25, -0.2) is 8.78 Å². The molecule has 1 aromatic carbocycles. The van der Waals surface area contributed by atoms with Crippen molar-refractivity contribution in [2.24, 2.45) is 0 Å². The first kappa shape index (κ1) is 15.5. The number of carbonyl (C=O) groups is 1. The summed E-state index contributed by atoms with van der Waals surface area (Å²) in [5.41, 5.74) is -1.15. The first-order valence-electron chi connectivity index (χ1n) is 6.20. The topological polar surface area (TPSA) is 23.6 Å². The predicted molar refractivity (Wildman–Crippen MR) is 74.0 cm³/mol. The van der Waals surface area contributed by atoms with Crippen molar-refractivity contribution in [3.05, 3.63) is 34.6 Å². The van der Waals surface area contributed by atoms with Crippen LogP contribution in [0.1, 0.15) is 5.56 Å². The van der Waals surface area contributed by atoms with Crippen LogP contribution in [-0.4, -0.2) is 47.5 Å². The zero-order valence-corrected chi connectivity index (χ0v) is 12.2. The first-order valence-corrected chi connectivity index (χ1v) is 7.02. The molecule has 0 bridgehead atoms. The van der Waals surface area contributed by atoms with E-state index in [9.17, 15) is 13.6 Å². The van der Waals surface area contributed by atoms with Crippen molar-refractivity contribution in [2.75, 3.05) is 26.2 Å². The summed E-state index contributed by atoms with van der Waals surface area (Å²) in [4.78, 5) is 14.9. The fourth-order valence-electron chi connectivity index (χ4n) is 2.16. The lowest BCUT2D eigenvalue weighted by Crippen LogP contribution is -2.49. The number of piperazine rings is 1. The molecule has 0 spiro atoms. The van der Waals surface area contributed by atoms with Gasteiger partial charge in [-0.15, -0.1) is 0 Å². The Morgan fingerprint density at radius 1 is 1.30 bits per heavy atom. The van der Waals surface area contributed by atoms with Gasteiger partial charge in [0.15, 0.2) is 0 Å². The normalized spacial score (nSPS) is 18.1. The molecule has 1 aliphatic rings. The van der Waals surface area contributed by atoms with Crippen molar-refractivity contribution < 1.29 is 13.6 Å². The second-order valence-corrected chi connectivity index (χ2v) is 5.43. The summed E-state index contributed by atoms with van der Waals surface area (Å²) >= 11 is 11.1. The van der Waals surface area contributed by atoms with Crippen molar-refractivity contribution in [1.29, 1.82) is 0 Å². The second kappa shape index (κ2) is 6.70. The van der Waals surface area contributed by atoms with E-state index >= 15 is 0 Å². The summed E-state index contributed by atoms with van der Waals surface area (Å²) in [6.07, 6.45) is 0. The fourth-order valence-corrected chi connectivity index (χ4v) is 2.52. The molecule has 2 rings (SSSR count). The fraction of sp³-hybridized carbons (Fsp3) is 0.462. The van der Waals surface area contributed by atoms with Gasteiger partial charge in [-0.3, -0.25) is 9.69 Å². The lowest BCUT2D eigenvalue weighted by atomic mass is 10.2. The van der Waals surface area contributed by atoms with Crippen LogP contribution in [0, 0.1) is 5.82 Å². The number of rotatable bonds is 3. The van der Waals surface area contributed by atoms with Gasteiger partial charge in [0.2, 0.25) is 0 Å². The summed E-state index contributed by atoms with van der Waals surface area (Å²) in [5.74, 6) is -1.06. The molecule has 0 aromatic heterocycles. The Kier molecular flexibility index (Phi) is 5.18. The van der Waals surface area contributed by atoms with Crippen LogP contribution < -0.4 is 0 Å². The Morgan fingerprint density at radius 2 is 1.95 bits per heavy atom. The van der Waals surface area contributed by atoms with E-state index in [2.05, 4.69) is 4.90 Å². The molecule has 1 amide bonds. The maximum atomic E-state index is 13.0. The Hall–Kier alpha value is -0.910. The molecule has 1 heterocycles. The van der Waals surface area contributed by atoms with Gasteiger partial charge in [-0.2, -0.15) is 0 Å². The van der Waals surface area contributed by atoms with Crippen LogP contribution in [0.2, 0.25) is 5.02 Å². The van der Waals surface area contributed by atoms with E-state index in [1.165, 1.54) is 17.0 Å². The van der Waals surface area contributed by atoms with Crippen LogP contribution in [0.15, 0.2) is 18.2 Å². The number of hydrogen-bond acceptors (Lipinski definition) is 2. The molecule has 1 aromatic rings. The average molecular weight is 323 g/mol. The molecule has 0 aliphatic carbocycles. The highest BCUT2D eigenvalue weighted by Gasteiger charge is 2.25. The summed E-state index contributed by atoms with van der Waals surface area (Å²) in [6.45, 7) is 2.61. The Morgan fingerprint density at radius 3 is 2.50 bits per heavy atom. The van der Waals surface area contributed by atoms with Crippen molar-refractivity contribution in [2.45, 2.75) is 12.2 Å². The minimum atomic E-state index is -1.98. The third-order valence-corrected chi connectivity index (χ3v) is 3.82. The number of benzene rings is 1. The van der Waals surface area contributed by atoms with Crippen molar-refractivity contribution in [1.82, 2.24) is 9.80 Å². The number of alkyl halides is 2. The molecule has 1 aliphatic heterocycles. The van der Waals surface area contributed by atoms with E-state index in [0.717, 1.165) is 5.56 Å². The molecule has 1 saturated heterocycles. The largest absolute Gasteiger partial charge is 0.337 e. The summed E-state index contributed by atoms with van der Waals surface area (Å²) in [5, 5.41) is 0.382. The monoisotopic (exact) mass is 322 g/mol. The minimum Gasteiger partial charge on any atom is -0.337 e. The van der Waals surface area contributed by atoms with Crippen LogP contribution in [-0.2, 0) is 11.3 Å². The van der Waals surface area contributed by atoms with Gasteiger partial charge in [0.25, 0.3) is 11.5 Å². The summed E-state index contributed by atoms with van der Waals surface area (Å²) in [7, 11) is 0. The number of hydrogen-bond donors (Lipinski definition) is 0. The number of nitrogens with zero attached hydrogens (tertiary/aromatic N) is 2. The summed E-state index contributed by atoms with van der Waals surface area (Å²) in [6, 6.07) is 4.28. The molecule has 0 radical (unpaired) electrons. The van der Waals surface area contributed by atoms with Gasteiger partial charge >= 0.3 is 0 Å². The highest BCUT2D eigenvalue weighted by atomic mass is 35.5. The lowest BCUT2D eigenvalue weighted by molar-refractivity contribution is -0.135. The van der Waals surface area contributed by atoms with Crippen LogP contribution >= 0.6 is 23.2 Å². The second-order valence-electron chi connectivity index (χ2n) is 4.64. The third-order valence-electron chi connectivity index (χ3n) is 3.28. The van der Waals surface area contributed by atoms with E-state index in [-0.39, 0.29) is 5.82 Å². The van der Waals surface area contributed by atoms with Gasteiger partial charge in [-0.1, -0.05) is 29.3 Å². The lowest BCUT2D eigenvalue weighted by Gasteiger charge is -2.34. The van der Waals surface area contributed by atoms with Gasteiger partial charge in [0, 0.05) is 37.7 Å². The van der Waals surface area contributed by atoms with E-state index in [0.29, 0.717) is 37.7 Å². The molecule has 1 unspecified atom stereocenters. The van der Waals surface area contributed by atoms with Crippen LogP contribution in [0.3, 0.4) is 0 Å². The predicted octanol–water partition coefficient (Wildman–Crippen LogP) is 2.66. The zero-order valence-electron chi connectivity index (χ0n) is 10.7. The van der Waals surface area contributed by atoms with E-state index in [1.54, 1.807) is 6.07 Å². The van der Waals surface area contributed by atoms with Gasteiger partial charge in [0.1, 0.15) is 5.82 Å². The average Bonchev–Trinajstić information content (AvgIpc) is 2.42. The Labute approximate surface area is 126 Å². The molecule has 3 nitrogen and oxygen atoms in total. The Balaban J connectivity index is 1.90. The van der Waals surface area contributed by atoms with Crippen molar-refractivity contribution in [3.63, 3.8) is 0 Å². The molecular weight excluding hydrogens is 309 g/mol. The van der Waals surface area contributed by atoms with Crippen molar-refractivity contribution in [3.8, 4) is 0 Å². The summed E-state index contributed by atoms with van der Waals surface area (Å²) < 4.78 is 25.7. The zero-order chi connectivity index (χ0) is 14.7. The van der Waals surface area contributed by atoms with E-state index < -0.39 is 11.5 Å². The molecule has 20 heavy (non-hydrogen) atoms. The minimum absolute atomic E-state index is 0.370. The van der Waals surface area contributed by atoms with Gasteiger partial charge in [-0.05, 0) is 17.7 Å². The smallest absolute Gasteiger partial charge is 0.272 e. The first-order chi connectivity index (χ1) is 9.47. The van der Waals surface area contributed by atoms with Crippen molar-refractivity contribution >= 4 is 29.1 Å². The maximum absolute atomic E-state index is 13.0. The number of carbonyl (C=O) groups excluding carboxylic acids is 1. The number of halogens is 4. The molecule has 1 fully saturated rings. The van der Waals surface area contributed by atoms with Crippen LogP contribution in [0.5, 0.6) is 0 Å². The SMILES string of the molecule is O=C(C(F)Cl)N1CCN(Cc2ccc(F)cc2Cl)CC1. The maximum Gasteiger partial charge on any atom is 0.272 e. The highest BCUT2D eigenvalue weighted by Crippen LogP contribution is 2.20. The van der Waals surface area contributed by atoms with E-state index in [1.807, 2.05) is 0 Å². The standard InChI is InChI=1S/C13H14Cl2F2N2O/c14-11-7-10(16)2-1-9(11)8-18-3-5-19(6-4-18)13(20)12(15)17/h1-2,7,12H,3-6,8H2. The van der Waals surface area contributed by atoms with Gasteiger partial charge < -0.3 is 4.90 Å². The molecule has 110 valence electrons. The quantitative estimate of drug-likeness (QED) is 0.799. The van der Waals surface area contributed by atoms with Crippen LogP contribution in [0.25, 0.3) is 0 Å². The van der Waals surface area contributed by atoms with Gasteiger partial charge in [0.05, 0.1) is 0 Å². The molecule has 1 atom stereocenters. The molecule has 0 saturated carbocycles. The molecule has 7 heteroatoms. The highest BCUT2D eigenvalue weighted by molar-refractivity contribution is 6.31. The third kappa shape index (κ3) is 3.81. The van der Waals surface area contributed by atoms with E-state index in [4.69, 9.17) is 23.2 Å². The molecular formula is C13H14Cl2F2N2O. The molecule has 0 N–H and O–H groups in total. The number of amides is 1.